The SMILES string of the molecule is [2H]C1(C)c2ccccc2N(C)c2ccccc21. The van der Waals surface area contributed by atoms with Crippen LogP contribution in [0.3, 0.4) is 0 Å². The molecule has 2 aromatic carbocycles. The Morgan fingerprint density at radius 1 is 0.938 bits per heavy atom. The van der Waals surface area contributed by atoms with Crippen LogP contribution >= 0.6 is 0 Å². The lowest BCUT2D eigenvalue weighted by Gasteiger charge is -2.33. The topological polar surface area (TPSA) is 3.24 Å². The normalized spacial score (nSPS) is 17.4. The third-order valence-electron chi connectivity index (χ3n) is 3.34. The number of benzene rings is 2. The number of hydrogen-bond donors (Lipinski definition) is 0. The molecule has 0 radical (unpaired) electrons. The van der Waals surface area contributed by atoms with Crippen molar-refractivity contribution < 1.29 is 1.37 Å². The van der Waals surface area contributed by atoms with E-state index in [1.54, 1.807) is 0 Å². The van der Waals surface area contributed by atoms with Crippen molar-refractivity contribution in [2.24, 2.45) is 0 Å². The second-order valence-electron chi connectivity index (χ2n) is 4.22. The Hall–Kier alpha value is -1.76. The Labute approximate surface area is 97.7 Å². The molecule has 0 spiro atoms. The molecule has 0 aromatic heterocycles. The summed E-state index contributed by atoms with van der Waals surface area (Å²) in [6.45, 7) is 1.97. The number of rotatable bonds is 0. The molecule has 2 aromatic rings. The molecule has 0 saturated heterocycles. The first kappa shape index (κ1) is 8.40. The van der Waals surface area contributed by atoms with Crippen LogP contribution in [0.15, 0.2) is 48.5 Å². The molecule has 0 saturated carbocycles. The first-order valence-corrected chi connectivity index (χ1v) is 5.55. The van der Waals surface area contributed by atoms with Gasteiger partial charge in [-0.05, 0) is 23.3 Å². The molecule has 16 heavy (non-hydrogen) atoms. The van der Waals surface area contributed by atoms with Crippen molar-refractivity contribution in [3.63, 3.8) is 0 Å². The van der Waals surface area contributed by atoms with Crippen LogP contribution in [0.2, 0.25) is 0 Å². The fraction of sp³-hybridized carbons (Fsp3) is 0.200. The van der Waals surface area contributed by atoms with Gasteiger partial charge in [-0.25, -0.2) is 0 Å². The average molecular weight is 210 g/mol. The molecular formula is C15H15N. The van der Waals surface area contributed by atoms with E-state index in [0.29, 0.717) is 0 Å². The van der Waals surface area contributed by atoms with Gasteiger partial charge in [-0.2, -0.15) is 0 Å². The lowest BCUT2D eigenvalue weighted by molar-refractivity contribution is 0.882. The molecule has 80 valence electrons. The van der Waals surface area contributed by atoms with Gasteiger partial charge in [0.05, 0.1) is 0 Å². The zero-order valence-electron chi connectivity index (χ0n) is 10.6. The number of anilines is 2. The van der Waals surface area contributed by atoms with Crippen LogP contribution in [0.5, 0.6) is 0 Å². The van der Waals surface area contributed by atoms with E-state index >= 15 is 0 Å². The van der Waals surface area contributed by atoms with Gasteiger partial charge in [-0.15, -0.1) is 0 Å². The molecular weight excluding hydrogens is 194 g/mol. The quantitative estimate of drug-likeness (QED) is 0.637. The van der Waals surface area contributed by atoms with E-state index in [2.05, 4.69) is 36.2 Å². The fourth-order valence-corrected chi connectivity index (χ4v) is 2.44. The summed E-state index contributed by atoms with van der Waals surface area (Å²) in [5.74, 6) is -0.667. The van der Waals surface area contributed by atoms with E-state index in [4.69, 9.17) is 1.37 Å². The molecule has 0 aliphatic carbocycles. The minimum absolute atomic E-state index is 0.667. The molecule has 0 unspecified atom stereocenters. The van der Waals surface area contributed by atoms with E-state index in [1.165, 1.54) is 0 Å². The van der Waals surface area contributed by atoms with E-state index in [1.807, 2.05) is 31.2 Å². The summed E-state index contributed by atoms with van der Waals surface area (Å²) >= 11 is 0. The van der Waals surface area contributed by atoms with Crippen LogP contribution in [-0.2, 0) is 0 Å². The molecule has 1 aliphatic heterocycles. The summed E-state index contributed by atoms with van der Waals surface area (Å²) in [5.41, 5.74) is 4.40. The maximum absolute atomic E-state index is 8.65. The molecule has 1 aliphatic rings. The summed E-state index contributed by atoms with van der Waals surface area (Å²) in [7, 11) is 2.06. The molecule has 0 amide bonds. The summed E-state index contributed by atoms with van der Waals surface area (Å²) in [4.78, 5) is 2.17. The van der Waals surface area contributed by atoms with Crippen molar-refractivity contribution in [3.05, 3.63) is 59.7 Å². The van der Waals surface area contributed by atoms with E-state index in [9.17, 15) is 0 Å². The molecule has 0 fully saturated rings. The molecule has 0 atom stereocenters. The van der Waals surface area contributed by atoms with Crippen molar-refractivity contribution in [2.45, 2.75) is 12.8 Å². The minimum Gasteiger partial charge on any atom is -0.344 e. The van der Waals surface area contributed by atoms with Gasteiger partial charge < -0.3 is 4.90 Å². The highest BCUT2D eigenvalue weighted by Crippen LogP contribution is 2.43. The van der Waals surface area contributed by atoms with E-state index < -0.39 is 5.89 Å². The minimum atomic E-state index is -0.667. The number of nitrogens with zero attached hydrogens (tertiary/aromatic N) is 1. The first-order chi connectivity index (χ1) is 8.12. The Morgan fingerprint density at radius 2 is 1.38 bits per heavy atom. The van der Waals surface area contributed by atoms with Crippen LogP contribution < -0.4 is 4.90 Å². The van der Waals surface area contributed by atoms with Gasteiger partial charge in [-0.1, -0.05) is 43.3 Å². The zero-order valence-corrected chi connectivity index (χ0v) is 9.57. The van der Waals surface area contributed by atoms with Crippen LogP contribution in [0, 0.1) is 0 Å². The summed E-state index contributed by atoms with van der Waals surface area (Å²) in [6.07, 6.45) is 0. The Kier molecular flexibility index (Phi) is 1.77. The Bertz CT molecular complexity index is 525. The van der Waals surface area contributed by atoms with Gasteiger partial charge in [0.15, 0.2) is 0 Å². The van der Waals surface area contributed by atoms with Crippen LogP contribution in [0.4, 0.5) is 11.4 Å². The van der Waals surface area contributed by atoms with E-state index in [0.717, 1.165) is 22.5 Å². The molecule has 1 heterocycles. The number of fused-ring (bicyclic) bond motifs is 2. The fourth-order valence-electron chi connectivity index (χ4n) is 2.44. The largest absolute Gasteiger partial charge is 0.344 e. The predicted octanol–water partition coefficient (Wildman–Crippen LogP) is 3.92. The molecule has 1 heteroatoms. The molecule has 1 nitrogen and oxygen atoms in total. The van der Waals surface area contributed by atoms with Gasteiger partial charge >= 0.3 is 0 Å². The third-order valence-corrected chi connectivity index (χ3v) is 3.34. The summed E-state index contributed by atoms with van der Waals surface area (Å²) in [6, 6.07) is 16.3. The highest BCUT2D eigenvalue weighted by molar-refractivity contribution is 5.75. The van der Waals surface area contributed by atoms with Crippen molar-refractivity contribution in [2.75, 3.05) is 11.9 Å². The summed E-state index contributed by atoms with van der Waals surface area (Å²) < 4.78 is 8.65. The van der Waals surface area contributed by atoms with Crippen molar-refractivity contribution >= 4 is 11.4 Å². The van der Waals surface area contributed by atoms with Crippen molar-refractivity contribution in [1.82, 2.24) is 0 Å². The van der Waals surface area contributed by atoms with Gasteiger partial charge in [0.2, 0.25) is 0 Å². The molecule has 0 N–H and O–H groups in total. The van der Waals surface area contributed by atoms with Gasteiger partial charge in [0.25, 0.3) is 0 Å². The van der Waals surface area contributed by atoms with Crippen molar-refractivity contribution in [1.29, 1.82) is 0 Å². The van der Waals surface area contributed by atoms with Gasteiger partial charge in [0, 0.05) is 25.7 Å². The highest BCUT2D eigenvalue weighted by Gasteiger charge is 2.24. The first-order valence-electron chi connectivity index (χ1n) is 6.05. The molecule has 0 bridgehead atoms. The third kappa shape index (κ3) is 1.18. The van der Waals surface area contributed by atoms with Gasteiger partial charge in [0.1, 0.15) is 0 Å². The standard InChI is InChI=1S/C15H15N/c1-11-12-7-3-5-9-14(12)16(2)15-10-6-4-8-13(11)15/h3-11H,1-2H3/i11D. The summed E-state index contributed by atoms with van der Waals surface area (Å²) in [5, 5.41) is 0. The second-order valence-corrected chi connectivity index (χ2v) is 4.22. The van der Waals surface area contributed by atoms with Crippen LogP contribution in [-0.4, -0.2) is 7.05 Å². The lowest BCUT2D eigenvalue weighted by Crippen LogP contribution is -2.20. The van der Waals surface area contributed by atoms with Crippen LogP contribution in [0.25, 0.3) is 0 Å². The second kappa shape index (κ2) is 3.38. The average Bonchev–Trinajstić information content (AvgIpc) is 2.37. The van der Waals surface area contributed by atoms with E-state index in [-0.39, 0.29) is 0 Å². The zero-order chi connectivity index (χ0) is 12.0. The Morgan fingerprint density at radius 3 is 1.88 bits per heavy atom. The van der Waals surface area contributed by atoms with Crippen LogP contribution in [0.1, 0.15) is 25.3 Å². The Balaban J connectivity index is 2.34. The number of para-hydroxylation sites is 2. The maximum Gasteiger partial charge on any atom is 0.0446 e. The monoisotopic (exact) mass is 210 g/mol. The molecule has 3 rings (SSSR count). The smallest absolute Gasteiger partial charge is 0.0446 e. The van der Waals surface area contributed by atoms with Crippen molar-refractivity contribution in [3.8, 4) is 0 Å². The number of hydrogen-bond acceptors (Lipinski definition) is 1. The lowest BCUT2D eigenvalue weighted by atomic mass is 9.86. The van der Waals surface area contributed by atoms with Gasteiger partial charge in [-0.3, -0.25) is 0 Å². The highest BCUT2D eigenvalue weighted by atomic mass is 15.1. The predicted molar refractivity (Wildman–Crippen MR) is 68.5 cm³/mol. The maximum atomic E-state index is 8.65.